The van der Waals surface area contributed by atoms with Crippen LogP contribution in [0.15, 0.2) is 28.7 Å². The third-order valence-electron chi connectivity index (χ3n) is 2.51. The van der Waals surface area contributed by atoms with Crippen LogP contribution in [0, 0.1) is 0 Å². The van der Waals surface area contributed by atoms with E-state index in [1.54, 1.807) is 13.8 Å². The lowest BCUT2D eigenvalue weighted by Gasteiger charge is -2.23. The van der Waals surface area contributed by atoms with Crippen LogP contribution in [0.1, 0.15) is 19.4 Å². The van der Waals surface area contributed by atoms with Gasteiger partial charge in [-0.2, -0.15) is 0 Å². The number of carboxylic acid groups (broad SMARTS) is 1. The standard InChI is InChI=1S/C12H14BrNO3/c1-12(2,11(17)14-7-10(15)16)8-4-3-5-9(13)6-8/h3-6H,7H2,1-2H3,(H,14,17)(H,15,16). The Labute approximate surface area is 108 Å². The van der Waals surface area contributed by atoms with Gasteiger partial charge in [-0.25, -0.2) is 0 Å². The van der Waals surface area contributed by atoms with Gasteiger partial charge < -0.3 is 10.4 Å². The van der Waals surface area contributed by atoms with Gasteiger partial charge in [0.25, 0.3) is 0 Å². The van der Waals surface area contributed by atoms with Gasteiger partial charge in [-0.05, 0) is 31.5 Å². The second-order valence-corrected chi connectivity index (χ2v) is 5.13. The minimum atomic E-state index is -1.05. The Morgan fingerprint density at radius 3 is 2.59 bits per heavy atom. The maximum Gasteiger partial charge on any atom is 0.322 e. The minimum absolute atomic E-state index is 0.307. The van der Waals surface area contributed by atoms with E-state index >= 15 is 0 Å². The van der Waals surface area contributed by atoms with Gasteiger partial charge in [-0.1, -0.05) is 28.1 Å². The minimum Gasteiger partial charge on any atom is -0.480 e. The number of benzene rings is 1. The number of hydrogen-bond donors (Lipinski definition) is 2. The molecule has 0 atom stereocenters. The summed E-state index contributed by atoms with van der Waals surface area (Å²) >= 11 is 3.34. The van der Waals surface area contributed by atoms with Gasteiger partial charge >= 0.3 is 5.97 Å². The Bertz CT molecular complexity index is 443. The van der Waals surface area contributed by atoms with Crippen LogP contribution in [0.4, 0.5) is 0 Å². The molecule has 0 aliphatic heterocycles. The molecule has 1 rings (SSSR count). The molecule has 0 heterocycles. The van der Waals surface area contributed by atoms with Crippen molar-refractivity contribution in [1.29, 1.82) is 0 Å². The molecule has 0 radical (unpaired) electrons. The largest absolute Gasteiger partial charge is 0.480 e. The van der Waals surface area contributed by atoms with E-state index in [1.165, 1.54) is 0 Å². The first kappa shape index (κ1) is 13.7. The number of carbonyl (C=O) groups excluding carboxylic acids is 1. The molecule has 0 fully saturated rings. The van der Waals surface area contributed by atoms with Crippen molar-refractivity contribution in [2.75, 3.05) is 6.54 Å². The zero-order chi connectivity index (χ0) is 13.1. The highest BCUT2D eigenvalue weighted by Crippen LogP contribution is 2.25. The highest BCUT2D eigenvalue weighted by Gasteiger charge is 2.29. The Kier molecular flexibility index (Phi) is 4.28. The lowest BCUT2D eigenvalue weighted by atomic mass is 9.84. The van der Waals surface area contributed by atoms with Crippen molar-refractivity contribution in [3.05, 3.63) is 34.3 Å². The number of amides is 1. The molecule has 0 aliphatic rings. The van der Waals surface area contributed by atoms with Gasteiger partial charge in [0, 0.05) is 4.47 Å². The van der Waals surface area contributed by atoms with E-state index in [4.69, 9.17) is 5.11 Å². The smallest absolute Gasteiger partial charge is 0.322 e. The van der Waals surface area contributed by atoms with Crippen molar-refractivity contribution in [3.8, 4) is 0 Å². The zero-order valence-corrected chi connectivity index (χ0v) is 11.2. The van der Waals surface area contributed by atoms with E-state index in [0.29, 0.717) is 0 Å². The molecule has 92 valence electrons. The average molecular weight is 300 g/mol. The van der Waals surface area contributed by atoms with Gasteiger partial charge in [-0.15, -0.1) is 0 Å². The van der Waals surface area contributed by atoms with E-state index < -0.39 is 11.4 Å². The molecule has 1 aromatic rings. The maximum atomic E-state index is 11.9. The molecule has 4 nitrogen and oxygen atoms in total. The molecule has 0 saturated heterocycles. The highest BCUT2D eigenvalue weighted by atomic mass is 79.9. The Balaban J connectivity index is 2.86. The first-order chi connectivity index (χ1) is 7.84. The normalized spacial score (nSPS) is 11.0. The summed E-state index contributed by atoms with van der Waals surface area (Å²) in [6.45, 7) is 3.15. The SMILES string of the molecule is CC(C)(C(=O)NCC(=O)O)c1cccc(Br)c1. The lowest BCUT2D eigenvalue weighted by Crippen LogP contribution is -2.42. The topological polar surface area (TPSA) is 66.4 Å². The quantitative estimate of drug-likeness (QED) is 0.893. The third kappa shape index (κ3) is 3.56. The fourth-order valence-corrected chi connectivity index (χ4v) is 1.78. The molecule has 2 N–H and O–H groups in total. The van der Waals surface area contributed by atoms with E-state index in [9.17, 15) is 9.59 Å². The Morgan fingerprint density at radius 2 is 2.06 bits per heavy atom. The van der Waals surface area contributed by atoms with Crippen molar-refractivity contribution >= 4 is 27.8 Å². The van der Waals surface area contributed by atoms with Crippen LogP contribution in [0.2, 0.25) is 0 Å². The number of rotatable bonds is 4. The summed E-state index contributed by atoms with van der Waals surface area (Å²) in [4.78, 5) is 22.3. The molecule has 1 amide bonds. The molecule has 0 unspecified atom stereocenters. The summed E-state index contributed by atoms with van der Waals surface area (Å²) in [5, 5.41) is 10.9. The summed E-state index contributed by atoms with van der Waals surface area (Å²) in [6.07, 6.45) is 0. The summed E-state index contributed by atoms with van der Waals surface area (Å²) < 4.78 is 0.883. The van der Waals surface area contributed by atoms with E-state index in [2.05, 4.69) is 21.2 Å². The molecule has 0 bridgehead atoms. The second kappa shape index (κ2) is 5.31. The first-order valence-corrected chi connectivity index (χ1v) is 5.89. The van der Waals surface area contributed by atoms with Gasteiger partial charge in [0.05, 0.1) is 5.41 Å². The monoisotopic (exact) mass is 299 g/mol. The predicted octanol–water partition coefficient (Wildman–Crippen LogP) is 1.93. The average Bonchev–Trinajstić information content (AvgIpc) is 2.25. The molecule has 0 spiro atoms. The van der Waals surface area contributed by atoms with Crippen molar-refractivity contribution < 1.29 is 14.7 Å². The van der Waals surface area contributed by atoms with E-state index in [1.807, 2.05) is 24.3 Å². The van der Waals surface area contributed by atoms with Gasteiger partial charge in [-0.3, -0.25) is 9.59 Å². The second-order valence-electron chi connectivity index (χ2n) is 4.21. The van der Waals surface area contributed by atoms with Crippen LogP contribution in [0.3, 0.4) is 0 Å². The van der Waals surface area contributed by atoms with Crippen LogP contribution in [-0.4, -0.2) is 23.5 Å². The lowest BCUT2D eigenvalue weighted by molar-refractivity contribution is -0.138. The van der Waals surface area contributed by atoms with Crippen LogP contribution >= 0.6 is 15.9 Å². The van der Waals surface area contributed by atoms with Crippen LogP contribution in [0.25, 0.3) is 0 Å². The zero-order valence-electron chi connectivity index (χ0n) is 9.66. The fraction of sp³-hybridized carbons (Fsp3) is 0.333. The third-order valence-corrected chi connectivity index (χ3v) is 3.01. The number of carbonyl (C=O) groups is 2. The molecular weight excluding hydrogens is 286 g/mol. The molecule has 0 aromatic heterocycles. The number of hydrogen-bond acceptors (Lipinski definition) is 2. The maximum absolute atomic E-state index is 11.9. The van der Waals surface area contributed by atoms with Gasteiger partial charge in [0.1, 0.15) is 6.54 Å². The van der Waals surface area contributed by atoms with Crippen molar-refractivity contribution in [2.45, 2.75) is 19.3 Å². The van der Waals surface area contributed by atoms with Crippen molar-refractivity contribution in [1.82, 2.24) is 5.32 Å². The van der Waals surface area contributed by atoms with Crippen molar-refractivity contribution in [3.63, 3.8) is 0 Å². The Hall–Kier alpha value is -1.36. The summed E-state index contributed by atoms with van der Waals surface area (Å²) in [6, 6.07) is 7.39. The number of halogens is 1. The van der Waals surface area contributed by atoms with Crippen molar-refractivity contribution in [2.24, 2.45) is 0 Å². The molecule has 0 saturated carbocycles. The number of nitrogens with one attached hydrogen (secondary N) is 1. The van der Waals surface area contributed by atoms with Gasteiger partial charge in [0.15, 0.2) is 0 Å². The molecule has 17 heavy (non-hydrogen) atoms. The van der Waals surface area contributed by atoms with Crippen LogP contribution in [-0.2, 0) is 15.0 Å². The first-order valence-electron chi connectivity index (χ1n) is 5.10. The molecule has 0 aliphatic carbocycles. The van der Waals surface area contributed by atoms with Gasteiger partial charge in [0.2, 0.25) is 5.91 Å². The molecule has 5 heteroatoms. The highest BCUT2D eigenvalue weighted by molar-refractivity contribution is 9.10. The number of aliphatic carboxylic acids is 1. The van der Waals surface area contributed by atoms with E-state index in [0.717, 1.165) is 10.0 Å². The molecule has 1 aromatic carbocycles. The van der Waals surface area contributed by atoms with Crippen LogP contribution in [0.5, 0.6) is 0 Å². The molecular formula is C12H14BrNO3. The summed E-state index contributed by atoms with van der Waals surface area (Å²) in [5.41, 5.74) is 0.0638. The van der Waals surface area contributed by atoms with E-state index in [-0.39, 0.29) is 12.5 Å². The predicted molar refractivity (Wildman–Crippen MR) is 67.8 cm³/mol. The van der Waals surface area contributed by atoms with Crippen LogP contribution < -0.4 is 5.32 Å². The number of carboxylic acids is 1. The fourth-order valence-electron chi connectivity index (χ4n) is 1.39. The Morgan fingerprint density at radius 1 is 1.41 bits per heavy atom. The summed E-state index contributed by atoms with van der Waals surface area (Å²) in [7, 11) is 0. The summed E-state index contributed by atoms with van der Waals surface area (Å²) in [5.74, 6) is -1.36.